The second-order valence-corrected chi connectivity index (χ2v) is 6.85. The van der Waals surface area contributed by atoms with Gasteiger partial charge in [-0.05, 0) is 30.8 Å². The van der Waals surface area contributed by atoms with Gasteiger partial charge in [0.05, 0.1) is 6.04 Å². The fraction of sp³-hybridized carbons (Fsp3) is 0.733. The maximum Gasteiger partial charge on any atom is 0.242 e. The molecule has 22 heavy (non-hydrogen) atoms. The number of aromatic amines is 1. The Morgan fingerprint density at radius 3 is 2.91 bits per heavy atom. The molecule has 1 aromatic heterocycles. The molecule has 1 aliphatic carbocycles. The van der Waals surface area contributed by atoms with Crippen molar-refractivity contribution in [3.05, 3.63) is 11.8 Å². The molecule has 4 N–H and O–H groups in total. The molecule has 7 heteroatoms. The lowest BCUT2D eigenvalue weighted by molar-refractivity contribution is -0.117. The zero-order valence-electron chi connectivity index (χ0n) is 13.1. The van der Waals surface area contributed by atoms with Gasteiger partial charge in [-0.1, -0.05) is 32.1 Å². The van der Waals surface area contributed by atoms with Crippen LogP contribution in [0.5, 0.6) is 0 Å². The highest BCUT2D eigenvalue weighted by atomic mass is 35.5. The molecular weight excluding hydrogens is 320 g/mol. The van der Waals surface area contributed by atoms with Crippen LogP contribution in [0.4, 0.5) is 5.82 Å². The highest BCUT2D eigenvalue weighted by Gasteiger charge is 2.17. The fourth-order valence-corrected chi connectivity index (χ4v) is 3.32. The summed E-state index contributed by atoms with van der Waals surface area (Å²) in [5.74, 6) is 2.08. The summed E-state index contributed by atoms with van der Waals surface area (Å²) in [6, 6.07) is 1.48. The maximum absolute atomic E-state index is 11.9. The number of carbonyl (C=O) groups excluding carboxylic acids is 1. The van der Waals surface area contributed by atoms with Gasteiger partial charge in [0.1, 0.15) is 0 Å². The van der Waals surface area contributed by atoms with Crippen LogP contribution in [0.15, 0.2) is 6.07 Å². The summed E-state index contributed by atoms with van der Waals surface area (Å²) in [5, 5.41) is 9.99. The number of rotatable bonds is 7. The largest absolute Gasteiger partial charge is 0.320 e. The molecule has 1 aromatic rings. The monoisotopic (exact) mass is 346 g/mol. The number of hydrogen-bond donors (Lipinski definition) is 3. The molecule has 126 valence electrons. The summed E-state index contributed by atoms with van der Waals surface area (Å²) in [4.78, 5) is 11.9. The standard InChI is InChI=1S/C15H26N4OS.ClH/c1-21-8-7-13(16)15(20)17-14-10-12(18-19-14)9-11-5-3-2-4-6-11;/h10-11,13H,2-9,16H2,1H3,(H2,17,18,19,20);1H. The second kappa shape index (κ2) is 10.1. The van der Waals surface area contributed by atoms with Crippen molar-refractivity contribution < 1.29 is 4.79 Å². The molecule has 1 atom stereocenters. The third-order valence-corrected chi connectivity index (χ3v) is 4.73. The number of hydrogen-bond acceptors (Lipinski definition) is 4. The molecule has 5 nitrogen and oxygen atoms in total. The Morgan fingerprint density at radius 2 is 2.23 bits per heavy atom. The zero-order valence-corrected chi connectivity index (χ0v) is 14.8. The molecule has 1 aliphatic rings. The van der Waals surface area contributed by atoms with Gasteiger partial charge in [0.15, 0.2) is 5.82 Å². The molecule has 1 unspecified atom stereocenters. The maximum atomic E-state index is 11.9. The Bertz CT molecular complexity index is 449. The second-order valence-electron chi connectivity index (χ2n) is 5.86. The van der Waals surface area contributed by atoms with Crippen molar-refractivity contribution in [3.8, 4) is 0 Å². The molecule has 0 spiro atoms. The van der Waals surface area contributed by atoms with Crippen LogP contribution in [0.1, 0.15) is 44.2 Å². The molecule has 0 radical (unpaired) electrons. The van der Waals surface area contributed by atoms with E-state index in [0.29, 0.717) is 12.2 Å². The van der Waals surface area contributed by atoms with Gasteiger partial charge in [-0.3, -0.25) is 9.89 Å². The van der Waals surface area contributed by atoms with Gasteiger partial charge in [-0.2, -0.15) is 16.9 Å². The van der Waals surface area contributed by atoms with Crippen molar-refractivity contribution >= 4 is 35.9 Å². The molecule has 2 rings (SSSR count). The molecule has 1 fully saturated rings. The molecule has 0 saturated heterocycles. The van der Waals surface area contributed by atoms with Crippen molar-refractivity contribution in [2.24, 2.45) is 11.7 Å². The lowest BCUT2D eigenvalue weighted by atomic mass is 9.86. The molecule has 1 saturated carbocycles. The van der Waals surface area contributed by atoms with E-state index < -0.39 is 6.04 Å². The van der Waals surface area contributed by atoms with E-state index in [1.54, 1.807) is 11.8 Å². The van der Waals surface area contributed by atoms with Crippen LogP contribution in [-0.4, -0.2) is 34.2 Å². The van der Waals surface area contributed by atoms with Crippen LogP contribution in [0.2, 0.25) is 0 Å². The Morgan fingerprint density at radius 1 is 1.50 bits per heavy atom. The van der Waals surface area contributed by atoms with Crippen LogP contribution >= 0.6 is 24.2 Å². The molecule has 0 bridgehead atoms. The number of amides is 1. The quantitative estimate of drug-likeness (QED) is 0.708. The van der Waals surface area contributed by atoms with Gasteiger partial charge >= 0.3 is 0 Å². The van der Waals surface area contributed by atoms with E-state index in [1.165, 1.54) is 32.1 Å². The van der Waals surface area contributed by atoms with E-state index in [2.05, 4.69) is 15.5 Å². The minimum Gasteiger partial charge on any atom is -0.320 e. The van der Waals surface area contributed by atoms with Gasteiger partial charge in [0.2, 0.25) is 5.91 Å². The van der Waals surface area contributed by atoms with E-state index in [-0.39, 0.29) is 18.3 Å². The van der Waals surface area contributed by atoms with E-state index in [0.717, 1.165) is 23.8 Å². The van der Waals surface area contributed by atoms with Crippen LogP contribution in [-0.2, 0) is 11.2 Å². The lowest BCUT2D eigenvalue weighted by Crippen LogP contribution is -2.36. The average Bonchev–Trinajstić information content (AvgIpc) is 2.92. The first kappa shape index (κ1) is 19.3. The first-order chi connectivity index (χ1) is 10.2. The third-order valence-electron chi connectivity index (χ3n) is 4.09. The summed E-state index contributed by atoms with van der Waals surface area (Å²) in [6.07, 6.45) is 10.4. The van der Waals surface area contributed by atoms with Gasteiger partial charge < -0.3 is 11.1 Å². The topological polar surface area (TPSA) is 83.8 Å². The SMILES string of the molecule is CSCCC(N)C(=O)Nc1cc(CC2CCCCC2)[nH]n1.Cl. The first-order valence-electron chi connectivity index (χ1n) is 7.78. The van der Waals surface area contributed by atoms with Crippen LogP contribution in [0.25, 0.3) is 0 Å². The molecular formula is C15H27ClN4OS. The average molecular weight is 347 g/mol. The lowest BCUT2D eigenvalue weighted by Gasteiger charge is -2.20. The minimum absolute atomic E-state index is 0. The summed E-state index contributed by atoms with van der Waals surface area (Å²) >= 11 is 1.70. The van der Waals surface area contributed by atoms with Gasteiger partial charge in [0, 0.05) is 11.8 Å². The highest BCUT2D eigenvalue weighted by Crippen LogP contribution is 2.26. The number of thioether (sulfide) groups is 1. The molecule has 0 aliphatic heterocycles. The van der Waals surface area contributed by atoms with Crippen molar-refractivity contribution in [1.29, 1.82) is 0 Å². The number of carbonyl (C=O) groups is 1. The summed E-state index contributed by atoms with van der Waals surface area (Å²) < 4.78 is 0. The Labute approximate surface area is 143 Å². The number of H-pyrrole nitrogens is 1. The van der Waals surface area contributed by atoms with Crippen molar-refractivity contribution in [2.45, 2.75) is 51.0 Å². The number of anilines is 1. The Hall–Kier alpha value is -0.720. The Balaban J connectivity index is 0.00000242. The van der Waals surface area contributed by atoms with Crippen LogP contribution < -0.4 is 11.1 Å². The van der Waals surface area contributed by atoms with Crippen molar-refractivity contribution in [1.82, 2.24) is 10.2 Å². The van der Waals surface area contributed by atoms with Gasteiger partial charge in [0.25, 0.3) is 0 Å². The van der Waals surface area contributed by atoms with Crippen LogP contribution in [0, 0.1) is 5.92 Å². The number of aromatic nitrogens is 2. The van der Waals surface area contributed by atoms with Crippen molar-refractivity contribution in [2.75, 3.05) is 17.3 Å². The van der Waals surface area contributed by atoms with Crippen molar-refractivity contribution in [3.63, 3.8) is 0 Å². The molecule has 1 heterocycles. The fourth-order valence-electron chi connectivity index (χ4n) is 2.83. The number of nitrogens with two attached hydrogens (primary N) is 1. The highest BCUT2D eigenvalue weighted by molar-refractivity contribution is 7.98. The van der Waals surface area contributed by atoms with E-state index in [1.807, 2.05) is 12.3 Å². The molecule has 1 amide bonds. The van der Waals surface area contributed by atoms with Crippen LogP contribution in [0.3, 0.4) is 0 Å². The predicted octanol–water partition coefficient (Wildman–Crippen LogP) is 2.97. The van der Waals surface area contributed by atoms with Gasteiger partial charge in [-0.25, -0.2) is 0 Å². The summed E-state index contributed by atoms with van der Waals surface area (Å²) in [6.45, 7) is 0. The molecule has 0 aromatic carbocycles. The van der Waals surface area contributed by atoms with E-state index >= 15 is 0 Å². The predicted molar refractivity (Wildman–Crippen MR) is 95.7 cm³/mol. The van der Waals surface area contributed by atoms with Gasteiger partial charge in [-0.15, -0.1) is 12.4 Å². The zero-order chi connectivity index (χ0) is 15.1. The van der Waals surface area contributed by atoms with E-state index in [4.69, 9.17) is 5.73 Å². The minimum atomic E-state index is -0.462. The summed E-state index contributed by atoms with van der Waals surface area (Å²) in [5.41, 5.74) is 6.95. The Kier molecular flexibility index (Phi) is 8.90. The number of halogens is 1. The number of nitrogens with zero attached hydrogens (tertiary/aromatic N) is 1. The smallest absolute Gasteiger partial charge is 0.242 e. The third kappa shape index (κ3) is 6.18. The first-order valence-corrected chi connectivity index (χ1v) is 9.18. The normalized spacial score (nSPS) is 16.8. The summed E-state index contributed by atoms with van der Waals surface area (Å²) in [7, 11) is 0. The number of nitrogens with one attached hydrogen (secondary N) is 2. The van der Waals surface area contributed by atoms with E-state index in [9.17, 15) is 4.79 Å².